The van der Waals surface area contributed by atoms with Crippen LogP contribution in [0.1, 0.15) is 47.8 Å². The second-order valence-electron chi connectivity index (χ2n) is 7.39. The Morgan fingerprint density at radius 2 is 2.00 bits per heavy atom. The summed E-state index contributed by atoms with van der Waals surface area (Å²) in [6.45, 7) is 6.52. The Labute approximate surface area is 152 Å². The van der Waals surface area contributed by atoms with Crippen LogP contribution in [-0.4, -0.2) is 18.8 Å². The molecule has 0 bridgehead atoms. The van der Waals surface area contributed by atoms with Crippen molar-refractivity contribution in [2.24, 2.45) is 0 Å². The van der Waals surface area contributed by atoms with E-state index in [9.17, 15) is 14.9 Å². The highest BCUT2D eigenvalue weighted by Gasteiger charge is 2.26. The van der Waals surface area contributed by atoms with Crippen molar-refractivity contribution in [3.8, 4) is 11.8 Å². The molecule has 0 aromatic heterocycles. The minimum Gasteiger partial charge on any atom is -0.482 e. The Hall–Kier alpha value is -3.13. The lowest BCUT2D eigenvalue weighted by Gasteiger charge is -2.30. The van der Waals surface area contributed by atoms with Gasteiger partial charge in [0.15, 0.2) is 6.61 Å². The van der Waals surface area contributed by atoms with Gasteiger partial charge in [0, 0.05) is 5.56 Å². The van der Waals surface area contributed by atoms with Gasteiger partial charge in [-0.2, -0.15) is 5.26 Å². The maximum Gasteiger partial charge on any atom is 0.265 e. The fourth-order valence-corrected chi connectivity index (χ4v) is 2.93. The Bertz CT molecular complexity index is 920. The Morgan fingerprint density at radius 1 is 1.23 bits per heavy atom. The number of carbonyl (C=O) groups excluding carboxylic acids is 2. The van der Waals surface area contributed by atoms with Gasteiger partial charge in [-0.3, -0.25) is 9.59 Å². The summed E-state index contributed by atoms with van der Waals surface area (Å²) >= 11 is 0. The van der Waals surface area contributed by atoms with Gasteiger partial charge in [0.05, 0.1) is 23.9 Å². The summed E-state index contributed by atoms with van der Waals surface area (Å²) in [5.74, 6) is 0.392. The van der Waals surface area contributed by atoms with Crippen LogP contribution in [0.4, 0.5) is 5.69 Å². The number of ether oxygens (including phenoxy) is 1. The van der Waals surface area contributed by atoms with Crippen LogP contribution in [0.25, 0.3) is 0 Å². The quantitative estimate of drug-likeness (QED) is 0.795. The Morgan fingerprint density at radius 3 is 2.65 bits per heavy atom. The summed E-state index contributed by atoms with van der Waals surface area (Å²) in [5.41, 5.74) is 3.41. The molecule has 0 unspecified atom stereocenters. The first-order valence-corrected chi connectivity index (χ1v) is 8.39. The van der Waals surface area contributed by atoms with Crippen LogP contribution in [0.2, 0.25) is 0 Å². The fourth-order valence-electron chi connectivity index (χ4n) is 2.93. The van der Waals surface area contributed by atoms with E-state index in [1.165, 1.54) is 0 Å². The second kappa shape index (κ2) is 6.64. The van der Waals surface area contributed by atoms with Crippen molar-refractivity contribution in [2.45, 2.75) is 32.7 Å². The van der Waals surface area contributed by atoms with E-state index in [0.717, 1.165) is 17.4 Å². The summed E-state index contributed by atoms with van der Waals surface area (Å²) < 4.78 is 5.47. The molecule has 2 aromatic carbocycles. The molecule has 1 aliphatic heterocycles. The maximum absolute atomic E-state index is 12.4. The van der Waals surface area contributed by atoms with Crippen molar-refractivity contribution in [1.29, 1.82) is 5.26 Å². The third-order valence-electron chi connectivity index (χ3n) is 4.39. The number of aldehydes is 1. The highest BCUT2D eigenvalue weighted by molar-refractivity contribution is 5.98. The Balaban J connectivity index is 2.03. The van der Waals surface area contributed by atoms with Crippen LogP contribution < -0.4 is 9.64 Å². The first kappa shape index (κ1) is 17.7. The molecule has 0 atom stereocenters. The summed E-state index contributed by atoms with van der Waals surface area (Å²) in [5, 5.41) is 9.35. The number of anilines is 1. The number of hydrogen-bond donors (Lipinski definition) is 0. The molecule has 0 aliphatic carbocycles. The topological polar surface area (TPSA) is 70.4 Å². The number of hydrogen-bond acceptors (Lipinski definition) is 4. The number of nitriles is 1. The molecule has 0 saturated carbocycles. The molecule has 0 N–H and O–H groups in total. The van der Waals surface area contributed by atoms with Crippen LogP contribution in [0.5, 0.6) is 5.75 Å². The van der Waals surface area contributed by atoms with Gasteiger partial charge in [0.25, 0.3) is 5.91 Å². The molecule has 5 heteroatoms. The zero-order valence-electron chi connectivity index (χ0n) is 15.1. The van der Waals surface area contributed by atoms with E-state index in [-0.39, 0.29) is 17.9 Å². The van der Waals surface area contributed by atoms with Crippen LogP contribution in [0.3, 0.4) is 0 Å². The van der Waals surface area contributed by atoms with Crippen LogP contribution in [-0.2, 0) is 16.8 Å². The van der Waals surface area contributed by atoms with Crippen molar-refractivity contribution >= 4 is 17.9 Å². The summed E-state index contributed by atoms with van der Waals surface area (Å²) in [6.07, 6.45) is 0.742. The lowest BCUT2D eigenvalue weighted by molar-refractivity contribution is -0.121. The third-order valence-corrected chi connectivity index (χ3v) is 4.39. The highest BCUT2D eigenvalue weighted by atomic mass is 16.5. The van der Waals surface area contributed by atoms with Crippen molar-refractivity contribution in [2.75, 3.05) is 11.5 Å². The standard InChI is InChI=1S/C21H20N2O3/c1-21(2,3)17-7-15(10-22)6-16(8-17)11-23-18-9-14(12-24)4-5-19(18)26-13-20(23)25/h4-9,12H,11,13H2,1-3H3. The number of nitrogens with zero attached hydrogens (tertiary/aromatic N) is 2. The molecular formula is C21H20N2O3. The summed E-state index contributed by atoms with van der Waals surface area (Å²) in [7, 11) is 0. The fraction of sp³-hybridized carbons (Fsp3) is 0.286. The second-order valence-corrected chi connectivity index (χ2v) is 7.39. The first-order valence-electron chi connectivity index (χ1n) is 8.39. The summed E-state index contributed by atoms with van der Waals surface area (Å²) in [4.78, 5) is 25.1. The van der Waals surface area contributed by atoms with Crippen molar-refractivity contribution in [1.82, 2.24) is 0 Å². The number of rotatable bonds is 3. The van der Waals surface area contributed by atoms with E-state index >= 15 is 0 Å². The minimum absolute atomic E-state index is 0.0441. The zero-order chi connectivity index (χ0) is 18.9. The molecule has 0 spiro atoms. The molecule has 0 radical (unpaired) electrons. The lowest BCUT2D eigenvalue weighted by atomic mass is 9.85. The van der Waals surface area contributed by atoms with E-state index in [2.05, 4.69) is 26.8 Å². The number of fused-ring (bicyclic) bond motifs is 1. The lowest BCUT2D eigenvalue weighted by Crippen LogP contribution is -2.38. The van der Waals surface area contributed by atoms with Crippen LogP contribution in [0.15, 0.2) is 36.4 Å². The predicted octanol–water partition coefficient (Wildman–Crippen LogP) is 3.59. The smallest absolute Gasteiger partial charge is 0.265 e. The van der Waals surface area contributed by atoms with Gasteiger partial charge >= 0.3 is 0 Å². The molecule has 1 heterocycles. The average Bonchev–Trinajstić information content (AvgIpc) is 2.62. The molecule has 132 valence electrons. The van der Waals surface area contributed by atoms with E-state index in [1.807, 2.05) is 12.1 Å². The van der Waals surface area contributed by atoms with E-state index in [4.69, 9.17) is 4.74 Å². The normalized spacial score (nSPS) is 13.6. The number of benzene rings is 2. The average molecular weight is 348 g/mol. The number of carbonyl (C=O) groups is 2. The van der Waals surface area contributed by atoms with Gasteiger partial charge < -0.3 is 9.64 Å². The highest BCUT2D eigenvalue weighted by Crippen LogP contribution is 2.34. The van der Waals surface area contributed by atoms with Crippen molar-refractivity contribution in [3.05, 3.63) is 58.7 Å². The molecule has 0 saturated heterocycles. The molecule has 26 heavy (non-hydrogen) atoms. The SMILES string of the molecule is CC(C)(C)c1cc(C#N)cc(CN2C(=O)COc3ccc(C=O)cc32)c1. The predicted molar refractivity (Wildman–Crippen MR) is 98.4 cm³/mol. The third kappa shape index (κ3) is 3.45. The number of amides is 1. The van der Waals surface area contributed by atoms with E-state index in [1.54, 1.807) is 29.2 Å². The molecule has 3 rings (SSSR count). The molecular weight excluding hydrogens is 328 g/mol. The van der Waals surface area contributed by atoms with Crippen molar-refractivity contribution < 1.29 is 14.3 Å². The molecule has 1 amide bonds. The Kier molecular flexibility index (Phi) is 4.52. The summed E-state index contributed by atoms with van der Waals surface area (Å²) in [6, 6.07) is 12.9. The minimum atomic E-state index is -0.180. The van der Waals surface area contributed by atoms with Gasteiger partial charge in [-0.15, -0.1) is 0 Å². The van der Waals surface area contributed by atoms with Gasteiger partial charge in [-0.05, 0) is 46.9 Å². The molecule has 5 nitrogen and oxygen atoms in total. The van der Waals surface area contributed by atoms with Gasteiger partial charge in [0.1, 0.15) is 12.0 Å². The van der Waals surface area contributed by atoms with E-state index in [0.29, 0.717) is 29.1 Å². The zero-order valence-corrected chi connectivity index (χ0v) is 15.1. The van der Waals surface area contributed by atoms with Crippen molar-refractivity contribution in [3.63, 3.8) is 0 Å². The largest absolute Gasteiger partial charge is 0.482 e. The van der Waals surface area contributed by atoms with Crippen LogP contribution in [0, 0.1) is 11.3 Å². The molecule has 0 fully saturated rings. The monoisotopic (exact) mass is 348 g/mol. The maximum atomic E-state index is 12.4. The van der Waals surface area contributed by atoms with Gasteiger partial charge in [0.2, 0.25) is 0 Å². The van der Waals surface area contributed by atoms with Gasteiger partial charge in [-0.1, -0.05) is 26.8 Å². The van der Waals surface area contributed by atoms with Gasteiger partial charge in [-0.25, -0.2) is 0 Å². The first-order chi connectivity index (χ1) is 12.3. The van der Waals surface area contributed by atoms with Crippen LogP contribution >= 0.6 is 0 Å². The van der Waals surface area contributed by atoms with E-state index < -0.39 is 0 Å². The molecule has 1 aliphatic rings. The molecule has 2 aromatic rings.